The van der Waals surface area contributed by atoms with Gasteiger partial charge in [-0.3, -0.25) is 0 Å². The van der Waals surface area contributed by atoms with Crippen molar-refractivity contribution >= 4 is 11.8 Å². The van der Waals surface area contributed by atoms with Gasteiger partial charge in [0.05, 0.1) is 0 Å². The van der Waals surface area contributed by atoms with E-state index in [4.69, 9.17) is 0 Å². The summed E-state index contributed by atoms with van der Waals surface area (Å²) in [5, 5.41) is 13.8. The maximum Gasteiger partial charge on any atom is 0.120 e. The van der Waals surface area contributed by atoms with Gasteiger partial charge in [0.25, 0.3) is 0 Å². The molecule has 0 saturated heterocycles. The first-order valence-corrected chi connectivity index (χ1v) is 8.59. The topological polar surface area (TPSA) is 32.3 Å². The predicted octanol–water partition coefficient (Wildman–Crippen LogP) is 3.98. The SMILES string of the molecule is CSCCCCNC1CC(C)c2c(C)ccc(O)c21. The van der Waals surface area contributed by atoms with Gasteiger partial charge in [-0.15, -0.1) is 0 Å². The summed E-state index contributed by atoms with van der Waals surface area (Å²) in [5.74, 6) is 2.25. The highest BCUT2D eigenvalue weighted by molar-refractivity contribution is 7.98. The highest BCUT2D eigenvalue weighted by Gasteiger charge is 2.31. The van der Waals surface area contributed by atoms with Crippen molar-refractivity contribution in [3.8, 4) is 5.75 Å². The third-order valence-electron chi connectivity index (χ3n) is 4.08. The number of hydrogen-bond donors (Lipinski definition) is 2. The second-order valence-electron chi connectivity index (χ2n) is 5.57. The lowest BCUT2D eigenvalue weighted by Gasteiger charge is -2.15. The molecular formula is C16H25NOS. The molecule has 1 aromatic carbocycles. The summed E-state index contributed by atoms with van der Waals surface area (Å²) >= 11 is 1.91. The Balaban J connectivity index is 2.01. The van der Waals surface area contributed by atoms with Crippen molar-refractivity contribution in [1.29, 1.82) is 0 Å². The third kappa shape index (κ3) is 3.26. The fourth-order valence-electron chi connectivity index (χ4n) is 3.18. The van der Waals surface area contributed by atoms with Gasteiger partial charge in [0.1, 0.15) is 5.75 Å². The van der Waals surface area contributed by atoms with Crippen LogP contribution in [0.4, 0.5) is 0 Å². The van der Waals surface area contributed by atoms with Crippen LogP contribution in [0.3, 0.4) is 0 Å². The molecule has 0 heterocycles. The highest BCUT2D eigenvalue weighted by Crippen LogP contribution is 2.45. The van der Waals surface area contributed by atoms with Crippen LogP contribution >= 0.6 is 11.8 Å². The first-order valence-electron chi connectivity index (χ1n) is 7.19. The molecule has 2 unspecified atom stereocenters. The maximum absolute atomic E-state index is 10.1. The second kappa shape index (κ2) is 6.67. The Labute approximate surface area is 121 Å². The number of aryl methyl sites for hydroxylation is 1. The minimum absolute atomic E-state index is 0.333. The number of phenols is 1. The molecule has 0 fully saturated rings. The molecule has 3 heteroatoms. The number of thioether (sulfide) groups is 1. The standard InChI is InChI=1S/C16H25NOS/c1-11-6-7-14(18)16-13(10-12(2)15(11)16)17-8-4-5-9-19-3/h6-7,12-13,17-18H,4-5,8-10H2,1-3H3. The average molecular weight is 279 g/mol. The van der Waals surface area contributed by atoms with Crippen LogP contribution in [0.1, 0.15) is 54.8 Å². The van der Waals surface area contributed by atoms with Crippen LogP contribution in [-0.4, -0.2) is 23.7 Å². The second-order valence-corrected chi connectivity index (χ2v) is 6.56. The van der Waals surface area contributed by atoms with Crippen LogP contribution < -0.4 is 5.32 Å². The monoisotopic (exact) mass is 279 g/mol. The van der Waals surface area contributed by atoms with Crippen molar-refractivity contribution in [2.45, 2.75) is 45.1 Å². The molecule has 1 aliphatic carbocycles. The van der Waals surface area contributed by atoms with Crippen LogP contribution in [0.2, 0.25) is 0 Å². The Bertz CT molecular complexity index is 433. The molecule has 0 saturated carbocycles. The predicted molar refractivity (Wildman–Crippen MR) is 84.2 cm³/mol. The fourth-order valence-corrected chi connectivity index (χ4v) is 3.67. The van der Waals surface area contributed by atoms with Gasteiger partial charge in [0, 0.05) is 11.6 Å². The van der Waals surface area contributed by atoms with Gasteiger partial charge in [0.2, 0.25) is 0 Å². The lowest BCUT2D eigenvalue weighted by atomic mass is 9.97. The minimum Gasteiger partial charge on any atom is -0.508 e. The van der Waals surface area contributed by atoms with Gasteiger partial charge in [-0.05, 0) is 67.9 Å². The molecule has 0 spiro atoms. The Kier molecular flexibility index (Phi) is 5.17. The van der Waals surface area contributed by atoms with E-state index in [9.17, 15) is 5.11 Å². The molecule has 2 rings (SSSR count). The number of phenolic OH excluding ortho intramolecular Hbond substituents is 1. The number of aromatic hydroxyl groups is 1. The number of rotatable bonds is 6. The Morgan fingerprint density at radius 1 is 1.32 bits per heavy atom. The molecule has 2 atom stereocenters. The molecule has 2 N–H and O–H groups in total. The maximum atomic E-state index is 10.1. The van der Waals surface area contributed by atoms with Gasteiger partial charge < -0.3 is 10.4 Å². The van der Waals surface area contributed by atoms with Crippen LogP contribution in [0.15, 0.2) is 12.1 Å². The van der Waals surface area contributed by atoms with E-state index in [-0.39, 0.29) is 0 Å². The lowest BCUT2D eigenvalue weighted by Crippen LogP contribution is -2.20. The molecule has 2 nitrogen and oxygen atoms in total. The molecule has 1 aromatic rings. The average Bonchev–Trinajstić information content (AvgIpc) is 2.72. The van der Waals surface area contributed by atoms with E-state index in [1.807, 2.05) is 23.9 Å². The molecule has 0 amide bonds. The van der Waals surface area contributed by atoms with Crippen molar-refractivity contribution in [1.82, 2.24) is 5.32 Å². The summed E-state index contributed by atoms with van der Waals surface area (Å²) < 4.78 is 0. The molecule has 0 bridgehead atoms. The highest BCUT2D eigenvalue weighted by atomic mass is 32.2. The molecular weight excluding hydrogens is 254 g/mol. The van der Waals surface area contributed by atoms with Crippen molar-refractivity contribution < 1.29 is 5.11 Å². The summed E-state index contributed by atoms with van der Waals surface area (Å²) in [7, 11) is 0. The van der Waals surface area contributed by atoms with Crippen molar-refractivity contribution in [2.24, 2.45) is 0 Å². The quantitative estimate of drug-likeness (QED) is 0.773. The molecule has 19 heavy (non-hydrogen) atoms. The van der Waals surface area contributed by atoms with E-state index < -0.39 is 0 Å². The Morgan fingerprint density at radius 2 is 2.11 bits per heavy atom. The zero-order valence-corrected chi connectivity index (χ0v) is 13.0. The number of unbranched alkanes of at least 4 members (excludes halogenated alkanes) is 1. The zero-order valence-electron chi connectivity index (χ0n) is 12.2. The van der Waals surface area contributed by atoms with E-state index in [0.29, 0.717) is 17.7 Å². The summed E-state index contributed by atoms with van der Waals surface area (Å²) in [6, 6.07) is 4.21. The van der Waals surface area contributed by atoms with E-state index >= 15 is 0 Å². The van der Waals surface area contributed by atoms with Crippen molar-refractivity contribution in [3.63, 3.8) is 0 Å². The molecule has 1 aliphatic rings. The first kappa shape index (κ1) is 14.7. The van der Waals surface area contributed by atoms with Crippen molar-refractivity contribution in [3.05, 3.63) is 28.8 Å². The molecule has 0 radical (unpaired) electrons. The van der Waals surface area contributed by atoms with Gasteiger partial charge >= 0.3 is 0 Å². The third-order valence-corrected chi connectivity index (χ3v) is 4.78. The van der Waals surface area contributed by atoms with Crippen LogP contribution in [0.25, 0.3) is 0 Å². The van der Waals surface area contributed by atoms with E-state index in [1.165, 1.54) is 29.7 Å². The normalized spacial score (nSPS) is 21.6. The number of nitrogens with one attached hydrogen (secondary N) is 1. The summed E-state index contributed by atoms with van der Waals surface area (Å²) in [6.07, 6.45) is 5.75. The van der Waals surface area contributed by atoms with Crippen LogP contribution in [0.5, 0.6) is 5.75 Å². The summed E-state index contributed by atoms with van der Waals surface area (Å²) in [5.41, 5.74) is 3.82. The first-order chi connectivity index (χ1) is 9.15. The minimum atomic E-state index is 0.333. The van der Waals surface area contributed by atoms with Gasteiger partial charge in [-0.2, -0.15) is 11.8 Å². The lowest BCUT2D eigenvalue weighted by molar-refractivity contribution is 0.444. The summed E-state index contributed by atoms with van der Waals surface area (Å²) in [6.45, 7) is 5.46. The number of fused-ring (bicyclic) bond motifs is 1. The summed E-state index contributed by atoms with van der Waals surface area (Å²) in [4.78, 5) is 0. The largest absolute Gasteiger partial charge is 0.508 e. The zero-order chi connectivity index (χ0) is 13.8. The van der Waals surface area contributed by atoms with E-state index in [0.717, 1.165) is 18.5 Å². The van der Waals surface area contributed by atoms with Crippen molar-refractivity contribution in [2.75, 3.05) is 18.6 Å². The van der Waals surface area contributed by atoms with Crippen LogP contribution in [0, 0.1) is 6.92 Å². The van der Waals surface area contributed by atoms with Gasteiger partial charge in [-0.25, -0.2) is 0 Å². The molecule has 0 aromatic heterocycles. The number of benzene rings is 1. The smallest absolute Gasteiger partial charge is 0.120 e. The van der Waals surface area contributed by atoms with Gasteiger partial charge in [0.15, 0.2) is 0 Å². The van der Waals surface area contributed by atoms with Gasteiger partial charge in [-0.1, -0.05) is 13.0 Å². The van der Waals surface area contributed by atoms with E-state index in [2.05, 4.69) is 25.4 Å². The molecule has 106 valence electrons. The fraction of sp³-hybridized carbons (Fsp3) is 0.625. The van der Waals surface area contributed by atoms with Crippen LogP contribution in [-0.2, 0) is 0 Å². The van der Waals surface area contributed by atoms with E-state index in [1.54, 1.807) is 0 Å². The number of hydrogen-bond acceptors (Lipinski definition) is 3. The Morgan fingerprint density at radius 3 is 2.84 bits per heavy atom. The Hall–Kier alpha value is -0.670. The molecule has 0 aliphatic heterocycles.